The second-order valence-corrected chi connectivity index (χ2v) is 7.99. The van der Waals surface area contributed by atoms with Crippen LogP contribution in [0.2, 0.25) is 0 Å². The Morgan fingerprint density at radius 2 is 1.73 bits per heavy atom. The number of carbonyl (C=O) groups is 2. The number of piperidine rings is 1. The van der Waals surface area contributed by atoms with Crippen molar-refractivity contribution in [3.63, 3.8) is 0 Å². The summed E-state index contributed by atoms with van der Waals surface area (Å²) in [5.74, 6) is 1.06. The van der Waals surface area contributed by atoms with E-state index in [2.05, 4.69) is 5.32 Å². The molecule has 1 saturated heterocycles. The van der Waals surface area contributed by atoms with Crippen LogP contribution in [0.1, 0.15) is 73.7 Å². The van der Waals surface area contributed by atoms with Gasteiger partial charge in [0.2, 0.25) is 5.91 Å². The Morgan fingerprint density at radius 1 is 1.04 bits per heavy atom. The van der Waals surface area contributed by atoms with Crippen LogP contribution in [-0.2, 0) is 4.79 Å². The number of benzene rings is 1. The number of nitrogens with zero attached hydrogens (tertiary/aromatic N) is 1. The molecule has 1 saturated carbocycles. The van der Waals surface area contributed by atoms with Crippen LogP contribution in [0.5, 0.6) is 0 Å². The Balaban J connectivity index is 1.40. The Hall–Kier alpha value is -1.84. The van der Waals surface area contributed by atoms with Crippen LogP contribution in [0.3, 0.4) is 0 Å². The van der Waals surface area contributed by atoms with Gasteiger partial charge in [0.1, 0.15) is 0 Å². The Bertz CT molecular complexity index is 614. The highest BCUT2D eigenvalue weighted by atomic mass is 16.2. The van der Waals surface area contributed by atoms with Gasteiger partial charge >= 0.3 is 0 Å². The molecule has 0 bridgehead atoms. The van der Waals surface area contributed by atoms with Gasteiger partial charge in [0.05, 0.1) is 0 Å². The minimum atomic E-state index is 0.116. The van der Waals surface area contributed by atoms with E-state index in [1.165, 1.54) is 32.1 Å². The molecule has 4 nitrogen and oxygen atoms in total. The van der Waals surface area contributed by atoms with Gasteiger partial charge in [-0.25, -0.2) is 0 Å². The standard InChI is InChI=1S/C22H32N2O2/c1-17-7-5-6-10-20(17)22(26)24-15-13-19(14-16-24)23-21(25)12-11-18-8-3-2-4-9-18/h5-7,10,18-19H,2-4,8-9,11-16H2,1H3,(H,23,25). The molecule has 3 rings (SSSR count). The SMILES string of the molecule is Cc1ccccc1C(=O)N1CCC(NC(=O)CCC2CCCCC2)CC1. The number of amides is 2. The molecule has 1 heterocycles. The van der Waals surface area contributed by atoms with E-state index < -0.39 is 0 Å². The van der Waals surface area contributed by atoms with Crippen molar-refractivity contribution in [1.29, 1.82) is 0 Å². The van der Waals surface area contributed by atoms with Crippen molar-refractivity contribution < 1.29 is 9.59 Å². The number of hydrogen-bond acceptors (Lipinski definition) is 2. The van der Waals surface area contributed by atoms with Gasteiger partial charge in [-0.15, -0.1) is 0 Å². The summed E-state index contributed by atoms with van der Waals surface area (Å²) >= 11 is 0. The average Bonchev–Trinajstić information content (AvgIpc) is 2.68. The van der Waals surface area contributed by atoms with E-state index in [0.717, 1.165) is 49.4 Å². The summed E-state index contributed by atoms with van der Waals surface area (Å²) in [5.41, 5.74) is 1.82. The van der Waals surface area contributed by atoms with E-state index in [1.54, 1.807) is 0 Å². The Labute approximate surface area is 157 Å². The lowest BCUT2D eigenvalue weighted by Gasteiger charge is -2.33. The minimum Gasteiger partial charge on any atom is -0.353 e. The molecule has 2 aliphatic rings. The van der Waals surface area contributed by atoms with Crippen LogP contribution in [0.25, 0.3) is 0 Å². The molecule has 142 valence electrons. The van der Waals surface area contributed by atoms with Gasteiger partial charge in [0.25, 0.3) is 5.91 Å². The summed E-state index contributed by atoms with van der Waals surface area (Å²) in [6.07, 6.45) is 10.0. The average molecular weight is 357 g/mol. The smallest absolute Gasteiger partial charge is 0.254 e. The zero-order valence-corrected chi connectivity index (χ0v) is 16.0. The Morgan fingerprint density at radius 3 is 2.42 bits per heavy atom. The second-order valence-electron chi connectivity index (χ2n) is 7.99. The first-order valence-corrected chi connectivity index (χ1v) is 10.3. The van der Waals surface area contributed by atoms with Crippen molar-refractivity contribution in [2.75, 3.05) is 13.1 Å². The van der Waals surface area contributed by atoms with Crippen molar-refractivity contribution in [3.05, 3.63) is 35.4 Å². The van der Waals surface area contributed by atoms with E-state index in [9.17, 15) is 9.59 Å². The normalized spacial score (nSPS) is 19.3. The van der Waals surface area contributed by atoms with Crippen LogP contribution >= 0.6 is 0 Å². The highest BCUT2D eigenvalue weighted by Gasteiger charge is 2.25. The maximum Gasteiger partial charge on any atom is 0.254 e. The van der Waals surface area contributed by atoms with E-state index in [-0.39, 0.29) is 17.9 Å². The van der Waals surface area contributed by atoms with Crippen molar-refractivity contribution >= 4 is 11.8 Å². The number of nitrogens with one attached hydrogen (secondary N) is 1. The minimum absolute atomic E-state index is 0.116. The van der Waals surface area contributed by atoms with Gasteiger partial charge in [-0.05, 0) is 43.7 Å². The second kappa shape index (κ2) is 9.20. The van der Waals surface area contributed by atoms with Gasteiger partial charge in [0, 0.05) is 31.1 Å². The molecule has 1 aromatic carbocycles. The molecule has 26 heavy (non-hydrogen) atoms. The summed E-state index contributed by atoms with van der Waals surface area (Å²) in [6.45, 7) is 3.42. The first-order valence-electron chi connectivity index (χ1n) is 10.3. The first-order chi connectivity index (χ1) is 12.6. The van der Waals surface area contributed by atoms with Gasteiger partial charge < -0.3 is 10.2 Å². The molecule has 1 N–H and O–H groups in total. The number of likely N-dealkylation sites (tertiary alicyclic amines) is 1. The molecule has 1 aliphatic carbocycles. The molecule has 0 aromatic heterocycles. The van der Waals surface area contributed by atoms with Gasteiger partial charge in [-0.2, -0.15) is 0 Å². The quantitative estimate of drug-likeness (QED) is 0.864. The molecular weight excluding hydrogens is 324 g/mol. The van der Waals surface area contributed by atoms with Gasteiger partial charge in [-0.3, -0.25) is 9.59 Å². The molecule has 0 unspecified atom stereocenters. The van der Waals surface area contributed by atoms with Crippen LogP contribution in [-0.4, -0.2) is 35.8 Å². The third kappa shape index (κ3) is 5.09. The largest absolute Gasteiger partial charge is 0.353 e. The zero-order valence-electron chi connectivity index (χ0n) is 16.0. The molecule has 1 aromatic rings. The van der Waals surface area contributed by atoms with Crippen LogP contribution < -0.4 is 5.32 Å². The fourth-order valence-electron chi connectivity index (χ4n) is 4.32. The summed E-state index contributed by atoms with van der Waals surface area (Å²) in [7, 11) is 0. The molecule has 2 amide bonds. The number of aryl methyl sites for hydroxylation is 1. The molecule has 0 spiro atoms. The summed E-state index contributed by atoms with van der Waals surface area (Å²) < 4.78 is 0. The fourth-order valence-corrected chi connectivity index (χ4v) is 4.32. The number of rotatable bonds is 5. The van der Waals surface area contributed by atoms with Gasteiger partial charge in [-0.1, -0.05) is 50.3 Å². The van der Waals surface area contributed by atoms with E-state index in [0.29, 0.717) is 6.42 Å². The third-order valence-corrected chi connectivity index (χ3v) is 6.03. The maximum absolute atomic E-state index is 12.7. The molecule has 0 atom stereocenters. The van der Waals surface area contributed by atoms with Crippen LogP contribution in [0.15, 0.2) is 24.3 Å². The first kappa shape index (κ1) is 18.9. The molecular formula is C22H32N2O2. The van der Waals surface area contributed by atoms with Gasteiger partial charge in [0.15, 0.2) is 0 Å². The summed E-state index contributed by atoms with van der Waals surface area (Å²) in [5, 5.41) is 3.19. The van der Waals surface area contributed by atoms with E-state index in [4.69, 9.17) is 0 Å². The predicted octanol–water partition coefficient (Wildman–Crippen LogP) is 4.08. The predicted molar refractivity (Wildman–Crippen MR) is 104 cm³/mol. The van der Waals surface area contributed by atoms with E-state index in [1.807, 2.05) is 36.1 Å². The highest BCUT2D eigenvalue weighted by Crippen LogP contribution is 2.27. The number of hydrogen-bond donors (Lipinski definition) is 1. The van der Waals surface area contributed by atoms with Crippen LogP contribution in [0.4, 0.5) is 0 Å². The maximum atomic E-state index is 12.7. The topological polar surface area (TPSA) is 49.4 Å². The van der Waals surface area contributed by atoms with Crippen LogP contribution in [0, 0.1) is 12.8 Å². The van der Waals surface area contributed by atoms with Crippen molar-refractivity contribution in [2.45, 2.75) is 70.8 Å². The van der Waals surface area contributed by atoms with Crippen molar-refractivity contribution in [1.82, 2.24) is 10.2 Å². The lowest BCUT2D eigenvalue weighted by Crippen LogP contribution is -2.46. The summed E-state index contributed by atoms with van der Waals surface area (Å²) in [6, 6.07) is 7.97. The van der Waals surface area contributed by atoms with Crippen molar-refractivity contribution in [2.24, 2.45) is 5.92 Å². The molecule has 4 heteroatoms. The number of carbonyl (C=O) groups excluding carboxylic acids is 2. The molecule has 0 radical (unpaired) electrons. The highest BCUT2D eigenvalue weighted by molar-refractivity contribution is 5.95. The third-order valence-electron chi connectivity index (χ3n) is 6.03. The molecule has 1 aliphatic heterocycles. The van der Waals surface area contributed by atoms with E-state index >= 15 is 0 Å². The lowest BCUT2D eigenvalue weighted by molar-refractivity contribution is -0.122. The summed E-state index contributed by atoms with van der Waals surface area (Å²) in [4.78, 5) is 26.8. The monoisotopic (exact) mass is 356 g/mol. The fraction of sp³-hybridized carbons (Fsp3) is 0.636. The zero-order chi connectivity index (χ0) is 18.4. The molecule has 2 fully saturated rings. The lowest BCUT2D eigenvalue weighted by atomic mass is 9.86. The van der Waals surface area contributed by atoms with Crippen molar-refractivity contribution in [3.8, 4) is 0 Å². The Kier molecular flexibility index (Phi) is 6.70.